The zero-order chi connectivity index (χ0) is 13.7. The maximum absolute atomic E-state index is 5.64. The number of ether oxygens (including phenoxy) is 1. The molecule has 0 spiro atoms. The molecular formula is C15H22N2OS. The minimum absolute atomic E-state index is 0.668. The second-order valence-electron chi connectivity index (χ2n) is 4.73. The second kappa shape index (κ2) is 6.75. The minimum Gasteiger partial charge on any atom is -0.492 e. The summed E-state index contributed by atoms with van der Waals surface area (Å²) in [7, 11) is 0. The Labute approximate surface area is 119 Å². The number of benzene rings is 1. The Morgan fingerprint density at radius 2 is 2.05 bits per heavy atom. The predicted octanol–water partition coefficient (Wildman–Crippen LogP) is 4.68. The van der Waals surface area contributed by atoms with E-state index < -0.39 is 0 Å². The normalized spacial score (nSPS) is 11.1. The Hall–Kier alpha value is -1.29. The van der Waals surface area contributed by atoms with Gasteiger partial charge in [0, 0.05) is 6.54 Å². The number of imidazole rings is 1. The first-order valence-electron chi connectivity index (χ1n) is 7.12. The molecular weight excluding hydrogens is 256 g/mol. The van der Waals surface area contributed by atoms with E-state index in [-0.39, 0.29) is 0 Å². The van der Waals surface area contributed by atoms with Gasteiger partial charge in [-0.15, -0.1) is 0 Å². The summed E-state index contributed by atoms with van der Waals surface area (Å²) in [4.78, 5) is 3.27. The van der Waals surface area contributed by atoms with Crippen molar-refractivity contribution in [2.45, 2.75) is 46.1 Å². The molecule has 0 unspecified atom stereocenters. The average Bonchev–Trinajstić information content (AvgIpc) is 2.73. The number of hydrogen-bond donors (Lipinski definition) is 1. The van der Waals surface area contributed by atoms with Crippen molar-refractivity contribution in [2.75, 3.05) is 6.61 Å². The molecule has 2 rings (SSSR count). The Balaban J connectivity index is 2.26. The molecule has 0 aliphatic heterocycles. The predicted molar refractivity (Wildman–Crippen MR) is 82.4 cm³/mol. The molecule has 1 aromatic heterocycles. The Kier molecular flexibility index (Phi) is 5.02. The van der Waals surface area contributed by atoms with Crippen LogP contribution in [0, 0.1) is 4.77 Å². The fourth-order valence-corrected chi connectivity index (χ4v) is 2.64. The number of nitrogens with one attached hydrogen (secondary N) is 1. The maximum atomic E-state index is 5.64. The quantitative estimate of drug-likeness (QED) is 0.589. The van der Waals surface area contributed by atoms with E-state index in [0.29, 0.717) is 6.61 Å². The first-order valence-corrected chi connectivity index (χ1v) is 7.53. The largest absolute Gasteiger partial charge is 0.492 e. The molecule has 19 heavy (non-hydrogen) atoms. The molecule has 1 aromatic carbocycles. The molecule has 1 heterocycles. The Morgan fingerprint density at radius 1 is 1.21 bits per heavy atom. The molecule has 4 heteroatoms. The number of rotatable bonds is 7. The van der Waals surface area contributed by atoms with Crippen LogP contribution in [0.1, 0.15) is 39.5 Å². The molecule has 0 aliphatic carbocycles. The van der Waals surface area contributed by atoms with Gasteiger partial charge in [0.05, 0.1) is 12.1 Å². The monoisotopic (exact) mass is 278 g/mol. The number of aryl methyl sites for hydroxylation is 1. The highest BCUT2D eigenvalue weighted by Gasteiger charge is 2.08. The van der Waals surface area contributed by atoms with E-state index in [1.54, 1.807) is 0 Å². The molecule has 104 valence electrons. The molecule has 0 saturated heterocycles. The minimum atomic E-state index is 0.668. The van der Waals surface area contributed by atoms with E-state index in [1.165, 1.54) is 25.7 Å². The van der Waals surface area contributed by atoms with E-state index in [0.717, 1.165) is 28.1 Å². The summed E-state index contributed by atoms with van der Waals surface area (Å²) < 4.78 is 8.61. The number of para-hydroxylation sites is 1. The summed E-state index contributed by atoms with van der Waals surface area (Å²) in [6, 6.07) is 6.11. The topological polar surface area (TPSA) is 29.9 Å². The van der Waals surface area contributed by atoms with Gasteiger partial charge < -0.3 is 14.3 Å². The van der Waals surface area contributed by atoms with E-state index in [2.05, 4.69) is 22.5 Å². The number of unbranched alkanes of at least 4 members (excludes halogenated alkanes) is 3. The second-order valence-corrected chi connectivity index (χ2v) is 5.11. The highest BCUT2D eigenvalue weighted by Crippen LogP contribution is 2.25. The van der Waals surface area contributed by atoms with Crippen molar-refractivity contribution in [3.05, 3.63) is 23.0 Å². The number of aromatic amines is 1. The van der Waals surface area contributed by atoms with Gasteiger partial charge in [0.15, 0.2) is 4.77 Å². The van der Waals surface area contributed by atoms with Gasteiger partial charge in [0.1, 0.15) is 11.3 Å². The molecule has 0 radical (unpaired) electrons. The van der Waals surface area contributed by atoms with Crippen LogP contribution in [0.4, 0.5) is 0 Å². The highest BCUT2D eigenvalue weighted by molar-refractivity contribution is 7.71. The third-order valence-corrected chi connectivity index (χ3v) is 3.63. The number of hydrogen-bond acceptors (Lipinski definition) is 2. The van der Waals surface area contributed by atoms with Gasteiger partial charge in [-0.1, -0.05) is 32.3 Å². The lowest BCUT2D eigenvalue weighted by Gasteiger charge is -2.06. The summed E-state index contributed by atoms with van der Waals surface area (Å²) in [6.45, 7) is 5.87. The summed E-state index contributed by atoms with van der Waals surface area (Å²) in [5.41, 5.74) is 2.16. The van der Waals surface area contributed by atoms with Gasteiger partial charge in [0.2, 0.25) is 0 Å². The summed E-state index contributed by atoms with van der Waals surface area (Å²) in [5, 5.41) is 0. The van der Waals surface area contributed by atoms with Crippen LogP contribution in [-0.2, 0) is 6.54 Å². The van der Waals surface area contributed by atoms with Crippen molar-refractivity contribution in [1.29, 1.82) is 0 Å². The average molecular weight is 278 g/mol. The molecule has 0 saturated carbocycles. The van der Waals surface area contributed by atoms with Crippen molar-refractivity contribution in [3.8, 4) is 5.75 Å². The van der Waals surface area contributed by atoms with Crippen LogP contribution in [0.2, 0.25) is 0 Å². The van der Waals surface area contributed by atoms with Crippen molar-refractivity contribution in [2.24, 2.45) is 0 Å². The Morgan fingerprint density at radius 3 is 2.79 bits per heavy atom. The van der Waals surface area contributed by atoms with Gasteiger partial charge in [-0.2, -0.15) is 0 Å². The van der Waals surface area contributed by atoms with Gasteiger partial charge in [-0.3, -0.25) is 0 Å². The van der Waals surface area contributed by atoms with E-state index in [1.807, 2.05) is 19.1 Å². The van der Waals surface area contributed by atoms with Gasteiger partial charge in [-0.05, 0) is 37.7 Å². The van der Waals surface area contributed by atoms with E-state index in [4.69, 9.17) is 17.0 Å². The fourth-order valence-electron chi connectivity index (χ4n) is 2.35. The smallest absolute Gasteiger partial charge is 0.178 e. The fraction of sp³-hybridized carbons (Fsp3) is 0.533. The molecule has 0 aliphatic rings. The first-order chi connectivity index (χ1) is 9.27. The highest BCUT2D eigenvalue weighted by atomic mass is 32.1. The molecule has 0 atom stereocenters. The van der Waals surface area contributed by atoms with Gasteiger partial charge >= 0.3 is 0 Å². The van der Waals surface area contributed by atoms with Crippen LogP contribution in [0.25, 0.3) is 11.0 Å². The molecule has 0 bridgehead atoms. The van der Waals surface area contributed by atoms with Crippen molar-refractivity contribution in [1.82, 2.24) is 9.55 Å². The third kappa shape index (κ3) is 3.18. The number of nitrogens with zero attached hydrogens (tertiary/aromatic N) is 1. The lowest BCUT2D eigenvalue weighted by atomic mass is 10.2. The lowest BCUT2D eigenvalue weighted by Crippen LogP contribution is -1.98. The van der Waals surface area contributed by atoms with E-state index in [9.17, 15) is 0 Å². The van der Waals surface area contributed by atoms with Crippen molar-refractivity contribution in [3.63, 3.8) is 0 Å². The van der Waals surface area contributed by atoms with Crippen molar-refractivity contribution < 1.29 is 4.74 Å². The molecule has 2 aromatic rings. The maximum Gasteiger partial charge on any atom is 0.178 e. The zero-order valence-electron chi connectivity index (χ0n) is 11.7. The van der Waals surface area contributed by atoms with Crippen molar-refractivity contribution >= 4 is 23.3 Å². The molecule has 0 fully saturated rings. The van der Waals surface area contributed by atoms with Crippen LogP contribution < -0.4 is 4.74 Å². The summed E-state index contributed by atoms with van der Waals surface area (Å²) in [6.07, 6.45) is 4.98. The van der Waals surface area contributed by atoms with Gasteiger partial charge in [-0.25, -0.2) is 0 Å². The molecule has 3 nitrogen and oxygen atoms in total. The van der Waals surface area contributed by atoms with Crippen LogP contribution in [0.3, 0.4) is 0 Å². The number of fused-ring (bicyclic) bond motifs is 1. The van der Waals surface area contributed by atoms with Crippen LogP contribution in [0.15, 0.2) is 18.2 Å². The van der Waals surface area contributed by atoms with Crippen LogP contribution in [0.5, 0.6) is 5.75 Å². The first kappa shape index (κ1) is 14.1. The third-order valence-electron chi connectivity index (χ3n) is 3.31. The van der Waals surface area contributed by atoms with Crippen LogP contribution in [-0.4, -0.2) is 16.2 Å². The molecule has 1 N–H and O–H groups in total. The zero-order valence-corrected chi connectivity index (χ0v) is 12.6. The summed E-state index contributed by atoms with van der Waals surface area (Å²) >= 11 is 5.43. The standard InChI is InChI=1S/C15H22N2OS/c1-3-5-6-7-11-17-12-9-8-10-13(18-4-2)14(12)16-15(17)19/h8-10H,3-7,11H2,1-2H3,(H,16,19). The summed E-state index contributed by atoms with van der Waals surface area (Å²) in [5.74, 6) is 0.887. The Bertz CT molecular complexity index is 585. The lowest BCUT2D eigenvalue weighted by molar-refractivity contribution is 0.343. The number of H-pyrrole nitrogens is 1. The van der Waals surface area contributed by atoms with E-state index >= 15 is 0 Å². The molecule has 0 amide bonds. The van der Waals surface area contributed by atoms with Gasteiger partial charge in [0.25, 0.3) is 0 Å². The SMILES string of the molecule is CCCCCCn1c(=S)[nH]c2c(OCC)cccc21. The number of aromatic nitrogens is 2. The van der Waals surface area contributed by atoms with Crippen LogP contribution >= 0.6 is 12.2 Å².